The summed E-state index contributed by atoms with van der Waals surface area (Å²) in [5, 5.41) is 12.9. The van der Waals surface area contributed by atoms with Crippen molar-refractivity contribution in [3.05, 3.63) is 58.9 Å². The Balaban J connectivity index is 1.66. The average Bonchev–Trinajstić information content (AvgIpc) is 3.14. The van der Waals surface area contributed by atoms with Gasteiger partial charge >= 0.3 is 0 Å². The van der Waals surface area contributed by atoms with Crippen LogP contribution in [0.2, 0.25) is 0 Å². The van der Waals surface area contributed by atoms with Gasteiger partial charge in [0.2, 0.25) is 0 Å². The van der Waals surface area contributed by atoms with E-state index < -0.39 is 0 Å². The van der Waals surface area contributed by atoms with Crippen LogP contribution in [0.3, 0.4) is 0 Å². The van der Waals surface area contributed by atoms with Crippen LogP contribution in [0.15, 0.2) is 47.5 Å². The van der Waals surface area contributed by atoms with Crippen molar-refractivity contribution in [2.45, 2.75) is 38.6 Å². The highest BCUT2D eigenvalue weighted by Crippen LogP contribution is 2.33. The van der Waals surface area contributed by atoms with Crippen LogP contribution in [0.1, 0.15) is 38.6 Å². The van der Waals surface area contributed by atoms with E-state index in [1.165, 1.54) is 18.6 Å². The third-order valence-electron chi connectivity index (χ3n) is 5.87. The topological polar surface area (TPSA) is 65.1 Å². The van der Waals surface area contributed by atoms with Crippen molar-refractivity contribution in [3.63, 3.8) is 0 Å². The van der Waals surface area contributed by atoms with E-state index >= 15 is 0 Å². The summed E-state index contributed by atoms with van der Waals surface area (Å²) in [5.41, 5.74) is 2.92. The first-order chi connectivity index (χ1) is 13.6. The molecule has 1 aliphatic carbocycles. The number of fused-ring (bicyclic) bond motifs is 3. The van der Waals surface area contributed by atoms with Crippen LogP contribution in [0, 0.1) is 11.7 Å². The summed E-state index contributed by atoms with van der Waals surface area (Å²) in [6, 6.07) is 8.26. The molecule has 5 rings (SSSR count). The molecular formula is C21H20FN5O. The summed E-state index contributed by atoms with van der Waals surface area (Å²) in [7, 11) is 0. The molecule has 28 heavy (non-hydrogen) atoms. The van der Waals surface area contributed by atoms with Crippen LogP contribution in [0.4, 0.5) is 4.39 Å². The van der Waals surface area contributed by atoms with Crippen LogP contribution in [-0.2, 0) is 0 Å². The lowest BCUT2D eigenvalue weighted by Crippen LogP contribution is -2.31. The summed E-state index contributed by atoms with van der Waals surface area (Å²) in [6.07, 6.45) is 8.05. The molecular weight excluding hydrogens is 357 g/mol. The predicted molar refractivity (Wildman–Crippen MR) is 105 cm³/mol. The largest absolute Gasteiger partial charge is 0.310 e. The van der Waals surface area contributed by atoms with Gasteiger partial charge in [-0.05, 0) is 42.5 Å². The minimum Gasteiger partial charge on any atom is -0.310 e. The molecule has 0 unspecified atom stereocenters. The number of rotatable bonds is 2. The Hall–Kier alpha value is -3.09. The highest BCUT2D eigenvalue weighted by molar-refractivity contribution is 5.82. The molecule has 3 heterocycles. The number of aromatic nitrogens is 5. The molecule has 7 heteroatoms. The van der Waals surface area contributed by atoms with Crippen LogP contribution >= 0.6 is 0 Å². The molecule has 0 radical (unpaired) electrons. The van der Waals surface area contributed by atoms with E-state index in [0.717, 1.165) is 30.4 Å². The monoisotopic (exact) mass is 377 g/mol. The molecule has 0 bridgehead atoms. The molecule has 0 N–H and O–H groups in total. The lowest BCUT2D eigenvalue weighted by atomic mass is 9.85. The Morgan fingerprint density at radius 2 is 1.86 bits per heavy atom. The first kappa shape index (κ1) is 17.0. The number of nitrogens with zero attached hydrogens (tertiary/aromatic N) is 5. The fourth-order valence-corrected chi connectivity index (χ4v) is 4.31. The Labute approximate surface area is 160 Å². The third kappa shape index (κ3) is 2.61. The summed E-state index contributed by atoms with van der Waals surface area (Å²) in [5.74, 6) is 0.171. The van der Waals surface area contributed by atoms with Gasteiger partial charge in [0.25, 0.3) is 5.56 Å². The number of pyridine rings is 1. The van der Waals surface area contributed by atoms with Crippen molar-refractivity contribution >= 4 is 16.7 Å². The maximum atomic E-state index is 13.2. The second-order valence-electron chi connectivity index (χ2n) is 7.59. The standard InChI is InChI=1S/C21H20FN5O/c1-13-4-2-3-5-17(13)26-11-10-18-19(21(26)28)24-25-20-16(12-23-27(18)20)14-6-8-15(22)9-7-14/h6-13,17H,2-5H2,1H3/t13-,17+/m0/s1. The fraction of sp³-hybridized carbons (Fsp3) is 0.333. The Kier molecular flexibility index (Phi) is 3.96. The summed E-state index contributed by atoms with van der Waals surface area (Å²) >= 11 is 0. The van der Waals surface area contributed by atoms with E-state index in [-0.39, 0.29) is 17.4 Å². The molecule has 3 aromatic heterocycles. The van der Waals surface area contributed by atoms with Crippen molar-refractivity contribution in [1.82, 2.24) is 24.4 Å². The van der Waals surface area contributed by atoms with Gasteiger partial charge in [-0.2, -0.15) is 5.10 Å². The first-order valence-electron chi connectivity index (χ1n) is 9.64. The summed E-state index contributed by atoms with van der Waals surface area (Å²) in [6.45, 7) is 2.21. The molecule has 6 nitrogen and oxygen atoms in total. The van der Waals surface area contributed by atoms with E-state index in [1.807, 2.05) is 16.8 Å². The third-order valence-corrected chi connectivity index (χ3v) is 5.87. The molecule has 1 aromatic carbocycles. The Morgan fingerprint density at radius 3 is 2.64 bits per heavy atom. The van der Waals surface area contributed by atoms with Gasteiger partial charge in [0.05, 0.1) is 6.20 Å². The molecule has 142 valence electrons. The van der Waals surface area contributed by atoms with Gasteiger partial charge in [0.15, 0.2) is 11.2 Å². The second-order valence-corrected chi connectivity index (χ2v) is 7.59. The van der Waals surface area contributed by atoms with E-state index in [1.54, 1.807) is 22.8 Å². The Morgan fingerprint density at radius 1 is 1.07 bits per heavy atom. The van der Waals surface area contributed by atoms with Gasteiger partial charge in [0.1, 0.15) is 11.3 Å². The number of hydrogen-bond acceptors (Lipinski definition) is 4. The highest BCUT2D eigenvalue weighted by Gasteiger charge is 2.25. The van der Waals surface area contributed by atoms with Gasteiger partial charge in [-0.3, -0.25) is 4.79 Å². The molecule has 1 fully saturated rings. The average molecular weight is 377 g/mol. The fourth-order valence-electron chi connectivity index (χ4n) is 4.31. The zero-order valence-electron chi connectivity index (χ0n) is 15.5. The Bertz CT molecular complexity index is 1230. The molecule has 4 aromatic rings. The van der Waals surface area contributed by atoms with Gasteiger partial charge < -0.3 is 4.57 Å². The summed E-state index contributed by atoms with van der Waals surface area (Å²) < 4.78 is 16.7. The normalized spacial score (nSPS) is 20.1. The molecule has 1 saturated carbocycles. The highest BCUT2D eigenvalue weighted by atomic mass is 19.1. The van der Waals surface area contributed by atoms with Crippen molar-refractivity contribution in [3.8, 4) is 11.1 Å². The minimum atomic E-state index is -0.297. The number of hydrogen-bond donors (Lipinski definition) is 0. The quantitative estimate of drug-likeness (QED) is 0.530. The van der Waals surface area contributed by atoms with E-state index in [0.29, 0.717) is 22.6 Å². The van der Waals surface area contributed by atoms with Crippen LogP contribution in [0.5, 0.6) is 0 Å². The maximum absolute atomic E-state index is 13.2. The van der Waals surface area contributed by atoms with E-state index in [4.69, 9.17) is 0 Å². The van der Waals surface area contributed by atoms with Gasteiger partial charge in [0, 0.05) is 17.8 Å². The SMILES string of the molecule is C[C@H]1CCCC[C@H]1n1ccc2c(nnc3c(-c4ccc(F)cc4)cnn32)c1=O. The van der Waals surface area contributed by atoms with Gasteiger partial charge in [-0.1, -0.05) is 31.9 Å². The molecule has 0 aliphatic heterocycles. The molecule has 1 aliphatic rings. The molecule has 2 atom stereocenters. The smallest absolute Gasteiger partial charge is 0.280 e. The predicted octanol–water partition coefficient (Wildman–Crippen LogP) is 4.00. The van der Waals surface area contributed by atoms with E-state index in [9.17, 15) is 9.18 Å². The number of halogens is 1. The first-order valence-corrected chi connectivity index (χ1v) is 9.64. The van der Waals surface area contributed by atoms with Crippen LogP contribution < -0.4 is 5.56 Å². The van der Waals surface area contributed by atoms with Crippen LogP contribution in [0.25, 0.3) is 27.8 Å². The van der Waals surface area contributed by atoms with Crippen molar-refractivity contribution in [2.24, 2.45) is 5.92 Å². The van der Waals surface area contributed by atoms with Crippen molar-refractivity contribution in [2.75, 3.05) is 0 Å². The van der Waals surface area contributed by atoms with Crippen molar-refractivity contribution in [1.29, 1.82) is 0 Å². The second kappa shape index (κ2) is 6.51. The minimum absolute atomic E-state index is 0.121. The molecule has 0 saturated heterocycles. The number of benzene rings is 1. The lowest BCUT2D eigenvalue weighted by Gasteiger charge is -2.30. The van der Waals surface area contributed by atoms with Crippen LogP contribution in [-0.4, -0.2) is 24.4 Å². The van der Waals surface area contributed by atoms with Gasteiger partial charge in [-0.25, -0.2) is 8.91 Å². The molecule has 0 amide bonds. The zero-order valence-corrected chi connectivity index (χ0v) is 15.5. The zero-order chi connectivity index (χ0) is 19.3. The lowest BCUT2D eigenvalue weighted by molar-refractivity contribution is 0.253. The van der Waals surface area contributed by atoms with Crippen molar-refractivity contribution < 1.29 is 4.39 Å². The van der Waals surface area contributed by atoms with E-state index in [2.05, 4.69) is 22.2 Å². The van der Waals surface area contributed by atoms with Gasteiger partial charge in [-0.15, -0.1) is 10.2 Å². The summed E-state index contributed by atoms with van der Waals surface area (Å²) in [4.78, 5) is 13.1. The maximum Gasteiger partial charge on any atom is 0.280 e. The molecule has 0 spiro atoms.